The van der Waals surface area contributed by atoms with Gasteiger partial charge in [-0.25, -0.2) is 8.42 Å². The lowest BCUT2D eigenvalue weighted by atomic mass is 10.1. The van der Waals surface area contributed by atoms with E-state index < -0.39 is 15.6 Å². The van der Waals surface area contributed by atoms with Crippen molar-refractivity contribution in [3.63, 3.8) is 0 Å². The number of aryl methyl sites for hydroxylation is 1. The third-order valence-electron chi connectivity index (χ3n) is 2.38. The van der Waals surface area contributed by atoms with Crippen LogP contribution in [-0.2, 0) is 14.6 Å². The third-order valence-corrected chi connectivity index (χ3v) is 4.30. The number of hydrogen-bond acceptors (Lipinski definition) is 3. The van der Waals surface area contributed by atoms with Gasteiger partial charge in [0.2, 0.25) is 9.84 Å². The predicted octanol–water partition coefficient (Wildman–Crippen LogP) is 1.71. The number of carbonyl (C=O) groups is 1. The predicted molar refractivity (Wildman–Crippen MR) is 57.0 cm³/mol. The number of sulfone groups is 1. The first-order valence-corrected chi connectivity index (χ1v) is 5.99. The minimum absolute atomic E-state index is 0.108. The summed E-state index contributed by atoms with van der Waals surface area (Å²) in [5, 5.41) is 0. The van der Waals surface area contributed by atoms with Crippen LogP contribution in [-0.4, -0.2) is 14.2 Å². The summed E-state index contributed by atoms with van der Waals surface area (Å²) in [6.45, 7) is 3.09. The first-order chi connectivity index (χ1) is 6.93. The average molecular weight is 222 g/mol. The van der Waals surface area contributed by atoms with E-state index in [9.17, 15) is 13.2 Å². The van der Waals surface area contributed by atoms with Crippen molar-refractivity contribution in [1.82, 2.24) is 0 Å². The van der Waals surface area contributed by atoms with E-state index in [-0.39, 0.29) is 9.80 Å². The van der Waals surface area contributed by atoms with Gasteiger partial charge in [-0.15, -0.1) is 0 Å². The molecule has 0 aliphatic carbocycles. The molecule has 0 N–H and O–H groups in total. The maximum absolute atomic E-state index is 11.9. The molecular formula is C11H10O3S. The highest BCUT2D eigenvalue weighted by molar-refractivity contribution is 7.96. The Morgan fingerprint density at radius 3 is 2.53 bits per heavy atom. The molecule has 1 heterocycles. The van der Waals surface area contributed by atoms with Crippen LogP contribution in [0, 0.1) is 6.92 Å². The van der Waals surface area contributed by atoms with Gasteiger partial charge in [0.1, 0.15) is 4.91 Å². The molecule has 2 rings (SSSR count). The van der Waals surface area contributed by atoms with Crippen molar-refractivity contribution in [2.75, 3.05) is 0 Å². The van der Waals surface area contributed by atoms with Crippen molar-refractivity contribution in [3.8, 4) is 0 Å². The number of carbonyl (C=O) groups excluding carboxylic acids is 1. The number of fused-ring (bicyclic) bond motifs is 1. The third kappa shape index (κ3) is 1.41. The smallest absolute Gasteiger partial charge is 0.210 e. The first-order valence-electron chi connectivity index (χ1n) is 4.51. The van der Waals surface area contributed by atoms with Crippen LogP contribution in [0.1, 0.15) is 18.1 Å². The normalized spacial score (nSPS) is 17.1. The highest BCUT2D eigenvalue weighted by atomic mass is 32.2. The van der Waals surface area contributed by atoms with Gasteiger partial charge in [-0.1, -0.05) is 12.1 Å². The zero-order valence-electron chi connectivity index (χ0n) is 8.44. The van der Waals surface area contributed by atoms with E-state index in [1.807, 2.05) is 13.0 Å². The molecule has 0 fully saturated rings. The number of hydrogen-bond donors (Lipinski definition) is 0. The number of rotatable bonds is 1. The van der Waals surface area contributed by atoms with E-state index in [1.54, 1.807) is 12.1 Å². The molecule has 0 saturated heterocycles. The maximum atomic E-state index is 11.9. The molecule has 1 aliphatic heterocycles. The van der Waals surface area contributed by atoms with Gasteiger partial charge >= 0.3 is 0 Å². The van der Waals surface area contributed by atoms with Gasteiger partial charge in [0.25, 0.3) is 0 Å². The molecule has 0 saturated carbocycles. The molecule has 0 atom stereocenters. The summed E-state index contributed by atoms with van der Waals surface area (Å²) in [4.78, 5) is 11.3. The van der Waals surface area contributed by atoms with Gasteiger partial charge < -0.3 is 0 Å². The second-order valence-electron chi connectivity index (χ2n) is 3.61. The summed E-state index contributed by atoms with van der Waals surface area (Å²) >= 11 is 0. The summed E-state index contributed by atoms with van der Waals surface area (Å²) in [6.07, 6.45) is 1.44. The zero-order valence-corrected chi connectivity index (χ0v) is 9.26. The van der Waals surface area contributed by atoms with Crippen LogP contribution in [0.2, 0.25) is 0 Å². The average Bonchev–Trinajstić information content (AvgIpc) is 2.39. The van der Waals surface area contributed by atoms with Crippen LogP contribution in [0.5, 0.6) is 0 Å². The Morgan fingerprint density at radius 2 is 1.93 bits per heavy atom. The van der Waals surface area contributed by atoms with Gasteiger partial charge in [0.15, 0.2) is 5.78 Å². The van der Waals surface area contributed by atoms with Crippen molar-refractivity contribution in [1.29, 1.82) is 0 Å². The topological polar surface area (TPSA) is 51.2 Å². The quantitative estimate of drug-likeness (QED) is 0.726. The molecule has 0 unspecified atom stereocenters. The molecule has 1 aliphatic rings. The zero-order chi connectivity index (χ0) is 11.2. The van der Waals surface area contributed by atoms with Crippen molar-refractivity contribution < 1.29 is 13.2 Å². The Labute approximate surface area is 88.3 Å². The number of benzene rings is 1. The van der Waals surface area contributed by atoms with E-state index in [0.717, 1.165) is 5.56 Å². The lowest BCUT2D eigenvalue weighted by Gasteiger charge is -2.01. The van der Waals surface area contributed by atoms with E-state index in [4.69, 9.17) is 0 Å². The molecule has 15 heavy (non-hydrogen) atoms. The van der Waals surface area contributed by atoms with Crippen LogP contribution < -0.4 is 0 Å². The van der Waals surface area contributed by atoms with E-state index in [1.165, 1.54) is 13.0 Å². The second-order valence-corrected chi connectivity index (χ2v) is 5.50. The van der Waals surface area contributed by atoms with Crippen molar-refractivity contribution >= 4 is 21.7 Å². The SMILES string of the molecule is CC(=O)C1=Cc2ccc(C)cc2S1(=O)=O. The van der Waals surface area contributed by atoms with Crippen molar-refractivity contribution in [2.24, 2.45) is 0 Å². The van der Waals surface area contributed by atoms with Gasteiger partial charge in [-0.3, -0.25) is 4.79 Å². The van der Waals surface area contributed by atoms with Crippen LogP contribution in [0.3, 0.4) is 0 Å². The van der Waals surface area contributed by atoms with Crippen LogP contribution in [0.4, 0.5) is 0 Å². The van der Waals surface area contributed by atoms with Gasteiger partial charge in [-0.2, -0.15) is 0 Å². The van der Waals surface area contributed by atoms with Crippen LogP contribution >= 0.6 is 0 Å². The van der Waals surface area contributed by atoms with Gasteiger partial charge in [0.05, 0.1) is 4.90 Å². The molecule has 1 aromatic carbocycles. The minimum Gasteiger partial charge on any atom is -0.294 e. The molecule has 0 amide bonds. The van der Waals surface area contributed by atoms with Gasteiger partial charge in [-0.05, 0) is 37.1 Å². The molecule has 0 radical (unpaired) electrons. The number of allylic oxidation sites excluding steroid dienone is 1. The largest absolute Gasteiger partial charge is 0.294 e. The Balaban J connectivity index is 2.74. The molecule has 4 heteroatoms. The first kappa shape index (κ1) is 10.1. The summed E-state index contributed by atoms with van der Waals surface area (Å²) in [7, 11) is -3.56. The van der Waals surface area contributed by atoms with E-state index >= 15 is 0 Å². The Bertz CT molecular complexity index is 580. The van der Waals surface area contributed by atoms with E-state index in [0.29, 0.717) is 5.56 Å². The lowest BCUT2D eigenvalue weighted by molar-refractivity contribution is -0.112. The van der Waals surface area contributed by atoms with Crippen molar-refractivity contribution in [3.05, 3.63) is 34.2 Å². The lowest BCUT2D eigenvalue weighted by Crippen LogP contribution is -2.07. The highest BCUT2D eigenvalue weighted by Crippen LogP contribution is 2.33. The fraction of sp³-hybridized carbons (Fsp3) is 0.182. The summed E-state index contributed by atoms with van der Waals surface area (Å²) in [6, 6.07) is 5.14. The van der Waals surface area contributed by atoms with E-state index in [2.05, 4.69) is 0 Å². The number of Topliss-reactive ketones (excluding diaryl/α,β-unsaturated/α-hetero) is 1. The fourth-order valence-corrected chi connectivity index (χ4v) is 3.30. The summed E-state index contributed by atoms with van der Waals surface area (Å²) < 4.78 is 23.8. The molecule has 3 nitrogen and oxygen atoms in total. The Kier molecular flexibility index (Phi) is 2.04. The van der Waals surface area contributed by atoms with Crippen LogP contribution in [0.25, 0.3) is 6.08 Å². The molecule has 0 aromatic heterocycles. The van der Waals surface area contributed by atoms with Crippen LogP contribution in [0.15, 0.2) is 28.0 Å². The molecule has 0 spiro atoms. The van der Waals surface area contributed by atoms with Gasteiger partial charge in [0, 0.05) is 0 Å². The number of ketones is 1. The maximum Gasteiger partial charge on any atom is 0.210 e. The highest BCUT2D eigenvalue weighted by Gasteiger charge is 2.31. The summed E-state index contributed by atoms with van der Waals surface area (Å²) in [5.41, 5.74) is 1.47. The van der Waals surface area contributed by atoms with Crippen molar-refractivity contribution in [2.45, 2.75) is 18.7 Å². The Hall–Kier alpha value is -1.42. The molecular weight excluding hydrogens is 212 g/mol. The molecule has 1 aromatic rings. The monoisotopic (exact) mass is 222 g/mol. The molecule has 78 valence electrons. The fourth-order valence-electron chi connectivity index (χ4n) is 1.62. The second kappa shape index (κ2) is 3.03. The standard InChI is InChI=1S/C11H10O3S/c1-7-3-4-9-6-10(8(2)12)15(13,14)11(9)5-7/h3-6H,1-2H3. The minimum atomic E-state index is -3.56. The summed E-state index contributed by atoms with van der Waals surface area (Å²) in [5.74, 6) is -0.413. The molecule has 0 bridgehead atoms. The Morgan fingerprint density at radius 1 is 1.27 bits per heavy atom.